The number of fused-ring (bicyclic) bond motifs is 5. The molecule has 4 atom stereocenters. The second-order valence-electron chi connectivity index (χ2n) is 10.7. The summed E-state index contributed by atoms with van der Waals surface area (Å²) >= 11 is 0. The number of anilines is 2. The zero-order valence-electron chi connectivity index (χ0n) is 21.4. The van der Waals surface area contributed by atoms with Gasteiger partial charge in [0.15, 0.2) is 5.78 Å². The minimum Gasteiger partial charge on any atom is -0.361 e. The highest BCUT2D eigenvalue weighted by Gasteiger charge is 2.70. The molecule has 0 radical (unpaired) electrons. The summed E-state index contributed by atoms with van der Waals surface area (Å²) in [5.74, 6) is -2.86. The van der Waals surface area contributed by atoms with Crippen LogP contribution in [0.25, 0.3) is 10.9 Å². The zero-order chi connectivity index (χ0) is 27.1. The van der Waals surface area contributed by atoms with Gasteiger partial charge in [-0.2, -0.15) is 0 Å². The number of nitrogens with one attached hydrogen (secondary N) is 3. The van der Waals surface area contributed by atoms with E-state index in [0.29, 0.717) is 28.9 Å². The lowest BCUT2D eigenvalue weighted by Crippen LogP contribution is -2.53. The number of aromatic amines is 1. The van der Waals surface area contributed by atoms with E-state index in [1.807, 2.05) is 55.6 Å². The first-order valence-electron chi connectivity index (χ1n) is 13.0. The SMILES string of the molecule is CC(=O)c1ccc(N2C(=O)[C@H]3[C@@H](C2=O)[C@]2(N[C@@H]3Cc3c[nH]c4ccccc34)C(=O)Nc3c(C)cccc32)cc1. The summed E-state index contributed by atoms with van der Waals surface area (Å²) in [6.45, 7) is 3.38. The number of H-pyrrole nitrogens is 1. The van der Waals surface area contributed by atoms with Crippen LogP contribution in [0.1, 0.15) is 34.0 Å². The number of aryl methyl sites for hydroxylation is 1. The Kier molecular flexibility index (Phi) is 4.96. The molecule has 0 bridgehead atoms. The average molecular weight is 519 g/mol. The van der Waals surface area contributed by atoms with Crippen molar-refractivity contribution in [2.75, 3.05) is 10.2 Å². The van der Waals surface area contributed by atoms with E-state index in [2.05, 4.69) is 15.6 Å². The maximum absolute atomic E-state index is 14.2. The number of Topliss-reactive ketones (excluding diaryl/α,β-unsaturated/α-hetero) is 1. The molecular formula is C31H26N4O4. The van der Waals surface area contributed by atoms with Crippen LogP contribution in [0.3, 0.4) is 0 Å². The normalized spacial score (nSPS) is 25.4. The van der Waals surface area contributed by atoms with Crippen molar-refractivity contribution < 1.29 is 19.2 Å². The minimum absolute atomic E-state index is 0.103. The van der Waals surface area contributed by atoms with Crippen molar-refractivity contribution in [1.29, 1.82) is 0 Å². The zero-order valence-corrected chi connectivity index (χ0v) is 21.4. The van der Waals surface area contributed by atoms with Gasteiger partial charge in [-0.1, -0.05) is 36.4 Å². The number of carbonyl (C=O) groups is 4. The maximum atomic E-state index is 14.2. The first-order valence-corrected chi connectivity index (χ1v) is 13.0. The molecule has 3 aromatic carbocycles. The van der Waals surface area contributed by atoms with Crippen LogP contribution in [0.4, 0.5) is 11.4 Å². The Labute approximate surface area is 224 Å². The van der Waals surface area contributed by atoms with E-state index >= 15 is 0 Å². The molecule has 0 unspecified atom stereocenters. The number of nitrogens with zero attached hydrogens (tertiary/aromatic N) is 1. The molecule has 0 saturated carbocycles. The molecule has 8 nitrogen and oxygen atoms in total. The molecule has 0 aliphatic carbocycles. The van der Waals surface area contributed by atoms with E-state index in [-0.39, 0.29) is 17.6 Å². The van der Waals surface area contributed by atoms with Gasteiger partial charge < -0.3 is 10.3 Å². The summed E-state index contributed by atoms with van der Waals surface area (Å²) in [7, 11) is 0. The molecule has 3 aliphatic rings. The number of amides is 3. The van der Waals surface area contributed by atoms with Gasteiger partial charge in [-0.25, -0.2) is 4.90 Å². The lowest BCUT2D eigenvalue weighted by Gasteiger charge is -2.29. The summed E-state index contributed by atoms with van der Waals surface area (Å²) in [5.41, 5.74) is 3.78. The number of carbonyl (C=O) groups excluding carboxylic acids is 4. The van der Waals surface area contributed by atoms with Gasteiger partial charge in [-0.05, 0) is 61.7 Å². The number of imide groups is 1. The Morgan fingerprint density at radius 1 is 0.949 bits per heavy atom. The van der Waals surface area contributed by atoms with Gasteiger partial charge in [0.2, 0.25) is 17.7 Å². The highest BCUT2D eigenvalue weighted by molar-refractivity contribution is 6.26. The largest absolute Gasteiger partial charge is 0.361 e. The van der Waals surface area contributed by atoms with Crippen LogP contribution in [0.15, 0.2) is 72.9 Å². The van der Waals surface area contributed by atoms with Gasteiger partial charge >= 0.3 is 0 Å². The molecule has 4 heterocycles. The molecule has 194 valence electrons. The predicted molar refractivity (Wildman–Crippen MR) is 146 cm³/mol. The fourth-order valence-corrected chi connectivity index (χ4v) is 6.79. The van der Waals surface area contributed by atoms with Gasteiger partial charge in [-0.3, -0.25) is 24.5 Å². The summed E-state index contributed by atoms with van der Waals surface area (Å²) in [6, 6.07) is 19.6. The Hall–Kier alpha value is -4.56. The second kappa shape index (κ2) is 8.22. The van der Waals surface area contributed by atoms with E-state index < -0.39 is 29.3 Å². The summed E-state index contributed by atoms with van der Waals surface area (Å²) < 4.78 is 0. The summed E-state index contributed by atoms with van der Waals surface area (Å²) in [6.07, 6.45) is 2.39. The fraction of sp³-hybridized carbons (Fsp3) is 0.226. The van der Waals surface area contributed by atoms with Crippen LogP contribution in [-0.4, -0.2) is 34.5 Å². The molecule has 39 heavy (non-hydrogen) atoms. The van der Waals surface area contributed by atoms with E-state index in [0.717, 1.165) is 22.0 Å². The second-order valence-corrected chi connectivity index (χ2v) is 10.7. The number of aromatic nitrogens is 1. The molecular weight excluding hydrogens is 492 g/mol. The number of benzene rings is 3. The van der Waals surface area contributed by atoms with Gasteiger partial charge in [0, 0.05) is 40.0 Å². The number of rotatable bonds is 4. The van der Waals surface area contributed by atoms with Crippen LogP contribution in [-0.2, 0) is 26.3 Å². The van der Waals surface area contributed by atoms with E-state index in [4.69, 9.17) is 0 Å². The molecule has 4 aromatic rings. The Balaban J connectivity index is 1.37. The first-order chi connectivity index (χ1) is 18.8. The predicted octanol–water partition coefficient (Wildman–Crippen LogP) is 3.85. The topological polar surface area (TPSA) is 111 Å². The monoisotopic (exact) mass is 518 g/mol. The Morgan fingerprint density at radius 3 is 2.49 bits per heavy atom. The number of ketones is 1. The number of hydrogen-bond donors (Lipinski definition) is 3. The molecule has 2 fully saturated rings. The van der Waals surface area contributed by atoms with Gasteiger partial charge in [0.05, 0.1) is 17.5 Å². The average Bonchev–Trinajstić information content (AvgIpc) is 3.64. The third-order valence-electron chi connectivity index (χ3n) is 8.61. The van der Waals surface area contributed by atoms with E-state index in [1.54, 1.807) is 24.3 Å². The van der Waals surface area contributed by atoms with Crippen molar-refractivity contribution in [1.82, 2.24) is 10.3 Å². The van der Waals surface area contributed by atoms with Crippen LogP contribution in [0.2, 0.25) is 0 Å². The molecule has 2 saturated heterocycles. The van der Waals surface area contributed by atoms with Gasteiger partial charge in [0.25, 0.3) is 0 Å². The van der Waals surface area contributed by atoms with Gasteiger partial charge in [0.1, 0.15) is 5.54 Å². The third kappa shape index (κ3) is 3.15. The van der Waals surface area contributed by atoms with E-state index in [1.165, 1.54) is 11.8 Å². The fourth-order valence-electron chi connectivity index (χ4n) is 6.79. The van der Waals surface area contributed by atoms with Crippen molar-refractivity contribution in [2.24, 2.45) is 11.8 Å². The van der Waals surface area contributed by atoms with Gasteiger partial charge in [-0.15, -0.1) is 0 Å². The van der Waals surface area contributed by atoms with Crippen molar-refractivity contribution in [3.8, 4) is 0 Å². The molecule has 7 rings (SSSR count). The highest BCUT2D eigenvalue weighted by atomic mass is 16.2. The smallest absolute Gasteiger partial charge is 0.250 e. The standard InChI is InChI=1S/C31H26N4O4/c1-16-6-5-8-22-27(16)33-30(39)31(22)26-25(24(34-31)14-19-15-32-23-9-4-3-7-21(19)23)28(37)35(29(26)38)20-12-10-18(11-13-20)17(2)36/h3-13,15,24-26,32,34H,14H2,1-2H3,(H,33,39)/t24-,25-,26+,31+/m1/s1. The van der Waals surface area contributed by atoms with Crippen LogP contribution < -0.4 is 15.5 Å². The number of hydrogen-bond acceptors (Lipinski definition) is 5. The van der Waals surface area contributed by atoms with Crippen molar-refractivity contribution in [3.63, 3.8) is 0 Å². The Morgan fingerprint density at radius 2 is 1.72 bits per heavy atom. The first kappa shape index (κ1) is 23.5. The summed E-state index contributed by atoms with van der Waals surface area (Å²) in [4.78, 5) is 58.4. The Bertz CT molecular complexity index is 1720. The molecule has 3 amide bonds. The van der Waals surface area contributed by atoms with Crippen LogP contribution >= 0.6 is 0 Å². The van der Waals surface area contributed by atoms with Crippen molar-refractivity contribution in [2.45, 2.75) is 31.8 Å². The summed E-state index contributed by atoms with van der Waals surface area (Å²) in [5, 5.41) is 7.56. The minimum atomic E-state index is -1.37. The van der Waals surface area contributed by atoms with E-state index in [9.17, 15) is 19.2 Å². The molecule has 1 spiro atoms. The van der Waals surface area contributed by atoms with Crippen molar-refractivity contribution >= 4 is 45.8 Å². The van der Waals surface area contributed by atoms with Crippen molar-refractivity contribution in [3.05, 3.63) is 95.2 Å². The molecule has 8 heteroatoms. The molecule has 3 aliphatic heterocycles. The molecule has 3 N–H and O–H groups in total. The molecule has 1 aromatic heterocycles. The maximum Gasteiger partial charge on any atom is 0.250 e. The van der Waals surface area contributed by atoms with Crippen LogP contribution in [0.5, 0.6) is 0 Å². The highest BCUT2D eigenvalue weighted by Crippen LogP contribution is 2.54. The quantitative estimate of drug-likeness (QED) is 0.281. The lowest BCUT2D eigenvalue weighted by atomic mass is 9.76. The third-order valence-corrected chi connectivity index (χ3v) is 8.61. The number of para-hydroxylation sites is 2. The lowest BCUT2D eigenvalue weighted by molar-refractivity contribution is -0.130. The van der Waals surface area contributed by atoms with Crippen LogP contribution in [0, 0.1) is 18.8 Å².